The zero-order valence-corrected chi connectivity index (χ0v) is 9.34. The molecule has 0 aliphatic carbocycles. The molecule has 0 fully saturated rings. The second-order valence-corrected chi connectivity index (χ2v) is 4.35. The monoisotopic (exact) mass is 220 g/mol. The lowest BCUT2D eigenvalue weighted by Crippen LogP contribution is -1.99. The summed E-state index contributed by atoms with van der Waals surface area (Å²) in [6.45, 7) is 1.97. The van der Waals surface area contributed by atoms with Crippen LogP contribution in [0.3, 0.4) is 0 Å². The van der Waals surface area contributed by atoms with E-state index in [0.717, 1.165) is 16.2 Å². The second-order valence-electron chi connectivity index (χ2n) is 3.44. The van der Waals surface area contributed by atoms with Gasteiger partial charge in [0.25, 0.3) is 0 Å². The zero-order valence-electron chi connectivity index (χ0n) is 8.53. The fraction of sp³-hybridized carbons (Fsp3) is 0.250. The normalized spacial score (nSPS) is 10.5. The van der Waals surface area contributed by atoms with Gasteiger partial charge in [0, 0.05) is 12.8 Å². The molecule has 0 N–H and O–H groups in total. The second kappa shape index (κ2) is 4.45. The van der Waals surface area contributed by atoms with Crippen molar-refractivity contribution in [1.29, 1.82) is 0 Å². The summed E-state index contributed by atoms with van der Waals surface area (Å²) in [6.07, 6.45) is 2.84. The molecular weight excluding hydrogens is 208 g/mol. The van der Waals surface area contributed by atoms with Crippen LogP contribution in [0.2, 0.25) is 0 Å². The van der Waals surface area contributed by atoms with Crippen LogP contribution in [-0.2, 0) is 6.42 Å². The molecule has 3 heteroatoms. The molecule has 0 spiro atoms. The number of carbonyl (C=O) groups is 1. The lowest BCUT2D eigenvalue weighted by molar-refractivity contribution is 0.0984. The van der Waals surface area contributed by atoms with Crippen molar-refractivity contribution in [2.45, 2.75) is 19.8 Å². The summed E-state index contributed by atoms with van der Waals surface area (Å²) in [6, 6.07) is 5.72. The number of aryl methyl sites for hydroxylation is 2. The van der Waals surface area contributed by atoms with E-state index in [2.05, 4.69) is 0 Å². The van der Waals surface area contributed by atoms with Gasteiger partial charge in [0.05, 0.1) is 11.1 Å². The van der Waals surface area contributed by atoms with E-state index in [9.17, 15) is 4.79 Å². The van der Waals surface area contributed by atoms with Gasteiger partial charge < -0.3 is 4.42 Å². The van der Waals surface area contributed by atoms with Crippen molar-refractivity contribution in [3.05, 3.63) is 46.0 Å². The van der Waals surface area contributed by atoms with Crippen LogP contribution in [0, 0.1) is 6.92 Å². The van der Waals surface area contributed by atoms with Crippen molar-refractivity contribution in [1.82, 2.24) is 0 Å². The Morgan fingerprint density at radius 3 is 2.93 bits per heavy atom. The van der Waals surface area contributed by atoms with E-state index in [1.807, 2.05) is 30.5 Å². The number of hydrogen-bond acceptors (Lipinski definition) is 3. The molecule has 0 aliphatic heterocycles. The molecule has 78 valence electrons. The number of hydrogen-bond donors (Lipinski definition) is 0. The van der Waals surface area contributed by atoms with Gasteiger partial charge in [-0.15, -0.1) is 11.3 Å². The van der Waals surface area contributed by atoms with Crippen molar-refractivity contribution in [3.63, 3.8) is 0 Å². The molecule has 0 aromatic carbocycles. The average molecular weight is 220 g/mol. The van der Waals surface area contributed by atoms with Gasteiger partial charge in [-0.2, -0.15) is 0 Å². The van der Waals surface area contributed by atoms with Gasteiger partial charge in [-0.25, -0.2) is 0 Å². The van der Waals surface area contributed by atoms with Gasteiger partial charge in [-0.3, -0.25) is 4.79 Å². The van der Waals surface area contributed by atoms with Crippen LogP contribution in [0.25, 0.3) is 0 Å². The molecule has 0 atom stereocenters. The molecular formula is C12H12O2S. The maximum Gasteiger partial charge on any atom is 0.173 e. The fourth-order valence-corrected chi connectivity index (χ4v) is 2.36. The first-order chi connectivity index (χ1) is 7.27. The summed E-state index contributed by atoms with van der Waals surface area (Å²) in [7, 11) is 0. The first-order valence-electron chi connectivity index (χ1n) is 4.87. The van der Waals surface area contributed by atoms with Crippen LogP contribution in [-0.4, -0.2) is 5.78 Å². The highest BCUT2D eigenvalue weighted by Crippen LogP contribution is 2.18. The summed E-state index contributed by atoms with van der Waals surface area (Å²) >= 11 is 1.51. The lowest BCUT2D eigenvalue weighted by Gasteiger charge is -1.97. The van der Waals surface area contributed by atoms with Gasteiger partial charge in [-0.1, -0.05) is 0 Å². The molecule has 2 nitrogen and oxygen atoms in total. The van der Waals surface area contributed by atoms with Crippen LogP contribution in [0.4, 0.5) is 0 Å². The molecule has 2 rings (SSSR count). The number of thiophene rings is 1. The van der Waals surface area contributed by atoms with Gasteiger partial charge >= 0.3 is 0 Å². The van der Waals surface area contributed by atoms with Crippen molar-refractivity contribution in [2.24, 2.45) is 0 Å². The minimum Gasteiger partial charge on any atom is -0.469 e. The van der Waals surface area contributed by atoms with E-state index in [0.29, 0.717) is 12.8 Å². The van der Waals surface area contributed by atoms with Gasteiger partial charge in [0.2, 0.25) is 0 Å². The summed E-state index contributed by atoms with van der Waals surface area (Å²) in [4.78, 5) is 12.7. The number of Topliss-reactive ketones (excluding diaryl/α,β-unsaturated/α-hetero) is 1. The number of furan rings is 1. The molecule has 2 heterocycles. The Morgan fingerprint density at radius 1 is 1.47 bits per heavy atom. The maximum absolute atomic E-state index is 11.8. The summed E-state index contributed by atoms with van der Waals surface area (Å²) in [5.74, 6) is 1.08. The molecule has 2 aromatic heterocycles. The molecule has 0 bridgehead atoms. The zero-order chi connectivity index (χ0) is 10.7. The van der Waals surface area contributed by atoms with E-state index in [-0.39, 0.29) is 5.78 Å². The molecule has 0 aliphatic rings. The molecule has 0 saturated heterocycles. The highest BCUT2D eigenvalue weighted by molar-refractivity contribution is 7.12. The third kappa shape index (κ3) is 2.36. The predicted molar refractivity (Wildman–Crippen MR) is 60.4 cm³/mol. The molecule has 0 saturated carbocycles. The highest BCUT2D eigenvalue weighted by atomic mass is 32.1. The third-order valence-electron chi connectivity index (χ3n) is 2.29. The summed E-state index contributed by atoms with van der Waals surface area (Å²) in [5, 5.41) is 1.95. The van der Waals surface area contributed by atoms with Crippen LogP contribution in [0.15, 0.2) is 34.3 Å². The van der Waals surface area contributed by atoms with Crippen LogP contribution in [0.1, 0.15) is 27.4 Å². The minimum atomic E-state index is 0.207. The van der Waals surface area contributed by atoms with Crippen LogP contribution < -0.4 is 0 Å². The minimum absolute atomic E-state index is 0.207. The molecule has 0 radical (unpaired) electrons. The smallest absolute Gasteiger partial charge is 0.173 e. The van der Waals surface area contributed by atoms with E-state index < -0.39 is 0 Å². The van der Waals surface area contributed by atoms with E-state index in [1.54, 1.807) is 6.26 Å². The average Bonchev–Trinajstić information content (AvgIpc) is 2.84. The third-order valence-corrected chi connectivity index (χ3v) is 3.35. The van der Waals surface area contributed by atoms with E-state index in [4.69, 9.17) is 4.42 Å². The van der Waals surface area contributed by atoms with Crippen molar-refractivity contribution < 1.29 is 9.21 Å². The van der Waals surface area contributed by atoms with Crippen molar-refractivity contribution in [2.75, 3.05) is 0 Å². The Balaban J connectivity index is 1.96. The largest absolute Gasteiger partial charge is 0.469 e. The summed E-state index contributed by atoms with van der Waals surface area (Å²) < 4.78 is 5.18. The van der Waals surface area contributed by atoms with Gasteiger partial charge in [-0.05, 0) is 36.1 Å². The first kappa shape index (κ1) is 10.2. The lowest BCUT2D eigenvalue weighted by atomic mass is 10.1. The van der Waals surface area contributed by atoms with Gasteiger partial charge in [0.1, 0.15) is 5.76 Å². The van der Waals surface area contributed by atoms with Crippen molar-refractivity contribution in [3.8, 4) is 0 Å². The van der Waals surface area contributed by atoms with Crippen molar-refractivity contribution >= 4 is 17.1 Å². The predicted octanol–water partition coefficient (Wildman–Crippen LogP) is 3.47. The Hall–Kier alpha value is -1.35. The molecule has 15 heavy (non-hydrogen) atoms. The number of rotatable bonds is 4. The molecule has 2 aromatic rings. The van der Waals surface area contributed by atoms with Gasteiger partial charge in [0.15, 0.2) is 5.78 Å². The number of carbonyl (C=O) groups excluding carboxylic acids is 1. The highest BCUT2D eigenvalue weighted by Gasteiger charge is 2.10. The number of ketones is 1. The van der Waals surface area contributed by atoms with Crippen LogP contribution in [0.5, 0.6) is 0 Å². The Bertz CT molecular complexity index is 440. The Morgan fingerprint density at radius 2 is 2.33 bits per heavy atom. The van der Waals surface area contributed by atoms with E-state index >= 15 is 0 Å². The standard InChI is InChI=1S/C12H12O2S/c1-9-6-8-15-12(9)11(13)5-4-10-3-2-7-14-10/h2-3,6-8H,4-5H2,1H3. The van der Waals surface area contributed by atoms with E-state index in [1.165, 1.54) is 11.3 Å². The molecule has 0 amide bonds. The van der Waals surface area contributed by atoms with Crippen LogP contribution >= 0.6 is 11.3 Å². The fourth-order valence-electron chi connectivity index (χ4n) is 1.46. The Labute approximate surface area is 92.5 Å². The maximum atomic E-state index is 11.8. The SMILES string of the molecule is Cc1ccsc1C(=O)CCc1ccco1. The molecule has 0 unspecified atom stereocenters. The first-order valence-corrected chi connectivity index (χ1v) is 5.75. The summed E-state index contributed by atoms with van der Waals surface area (Å²) in [5.41, 5.74) is 1.07. The quantitative estimate of drug-likeness (QED) is 0.738. The Kier molecular flexibility index (Phi) is 3.02. The topological polar surface area (TPSA) is 30.2 Å².